The van der Waals surface area contributed by atoms with Crippen molar-refractivity contribution in [3.05, 3.63) is 48.0 Å². The minimum absolute atomic E-state index is 0.332. The van der Waals surface area contributed by atoms with Crippen LogP contribution in [-0.4, -0.2) is 40.5 Å². The molecule has 0 spiro atoms. The van der Waals surface area contributed by atoms with E-state index in [0.717, 1.165) is 21.3 Å². The summed E-state index contributed by atoms with van der Waals surface area (Å²) in [5.41, 5.74) is 0.824. The molecule has 0 aliphatic rings. The molecule has 0 bridgehead atoms. The number of hydrogen-bond donors (Lipinski definition) is 2. The van der Waals surface area contributed by atoms with Gasteiger partial charge in [0.1, 0.15) is 6.54 Å². The predicted octanol–water partition coefficient (Wildman–Crippen LogP) is 2.65. The summed E-state index contributed by atoms with van der Waals surface area (Å²) in [6.07, 6.45) is 1.52. The van der Waals surface area contributed by atoms with E-state index in [9.17, 15) is 9.59 Å². The van der Waals surface area contributed by atoms with Crippen LogP contribution in [0.3, 0.4) is 0 Å². The van der Waals surface area contributed by atoms with Crippen LogP contribution in [0.15, 0.2) is 47.6 Å². The molecule has 0 heterocycles. The standard InChI is InChI=1S/C17H18N2O3S/c1-12(11-23)17(22)19(10-16(20)21)18-9-14-7-4-6-13-5-2-3-8-15(13)14/h2-9,12,23H,10-11H2,1H3,(H,20,21)/b18-9+. The molecule has 2 rings (SSSR count). The molecule has 0 aliphatic carbocycles. The Kier molecular flexibility index (Phi) is 5.76. The number of hydrogen-bond acceptors (Lipinski definition) is 4. The highest BCUT2D eigenvalue weighted by atomic mass is 32.1. The first-order chi connectivity index (χ1) is 11.0. The Labute approximate surface area is 140 Å². The van der Waals surface area contributed by atoms with Crippen molar-refractivity contribution in [2.24, 2.45) is 11.0 Å². The summed E-state index contributed by atoms with van der Waals surface area (Å²) in [7, 11) is 0. The van der Waals surface area contributed by atoms with Crippen molar-refractivity contribution in [1.29, 1.82) is 0 Å². The quantitative estimate of drug-likeness (QED) is 0.486. The van der Waals surface area contributed by atoms with Crippen LogP contribution >= 0.6 is 12.6 Å². The molecule has 1 amide bonds. The van der Waals surface area contributed by atoms with Crippen LogP contribution in [0.4, 0.5) is 0 Å². The van der Waals surface area contributed by atoms with Crippen LogP contribution in [0.1, 0.15) is 12.5 Å². The first-order valence-electron chi connectivity index (χ1n) is 7.18. The second-order valence-electron chi connectivity index (χ2n) is 5.19. The Morgan fingerprint density at radius 2 is 1.96 bits per heavy atom. The van der Waals surface area contributed by atoms with Gasteiger partial charge in [0.25, 0.3) is 0 Å². The summed E-state index contributed by atoms with van der Waals surface area (Å²) < 4.78 is 0. The van der Waals surface area contributed by atoms with E-state index in [1.165, 1.54) is 6.21 Å². The van der Waals surface area contributed by atoms with E-state index in [0.29, 0.717) is 5.75 Å². The van der Waals surface area contributed by atoms with Crippen LogP contribution < -0.4 is 0 Å². The highest BCUT2D eigenvalue weighted by Crippen LogP contribution is 2.17. The van der Waals surface area contributed by atoms with E-state index >= 15 is 0 Å². The van der Waals surface area contributed by atoms with Gasteiger partial charge in [0.2, 0.25) is 5.91 Å². The molecule has 120 valence electrons. The number of carbonyl (C=O) groups excluding carboxylic acids is 1. The Morgan fingerprint density at radius 3 is 2.65 bits per heavy atom. The second kappa shape index (κ2) is 7.78. The molecule has 2 aromatic carbocycles. The van der Waals surface area contributed by atoms with Crippen molar-refractivity contribution >= 4 is 41.5 Å². The molecule has 5 nitrogen and oxygen atoms in total. The molecule has 0 fully saturated rings. The molecule has 0 aliphatic heterocycles. The van der Waals surface area contributed by atoms with Crippen LogP contribution in [-0.2, 0) is 9.59 Å². The minimum atomic E-state index is -1.11. The summed E-state index contributed by atoms with van der Waals surface area (Å²) in [5, 5.41) is 16.1. The third kappa shape index (κ3) is 4.32. The molecule has 23 heavy (non-hydrogen) atoms. The first-order valence-corrected chi connectivity index (χ1v) is 7.82. The van der Waals surface area contributed by atoms with Crippen molar-refractivity contribution in [3.8, 4) is 0 Å². The number of nitrogens with zero attached hydrogens (tertiary/aromatic N) is 2. The average Bonchev–Trinajstić information content (AvgIpc) is 2.56. The number of carbonyl (C=O) groups is 2. The van der Waals surface area contributed by atoms with Gasteiger partial charge in [-0.15, -0.1) is 0 Å². The largest absolute Gasteiger partial charge is 0.480 e. The summed E-state index contributed by atoms with van der Waals surface area (Å²) in [6.45, 7) is 1.22. The fourth-order valence-electron chi connectivity index (χ4n) is 2.13. The van der Waals surface area contributed by atoms with Gasteiger partial charge in [-0.2, -0.15) is 17.7 Å². The van der Waals surface area contributed by atoms with Crippen molar-refractivity contribution in [1.82, 2.24) is 5.01 Å². The lowest BCUT2D eigenvalue weighted by Crippen LogP contribution is -2.35. The van der Waals surface area contributed by atoms with Gasteiger partial charge in [0.05, 0.1) is 6.21 Å². The lowest BCUT2D eigenvalue weighted by Gasteiger charge is -2.18. The molecule has 2 aromatic rings. The van der Waals surface area contributed by atoms with E-state index in [1.807, 2.05) is 42.5 Å². The van der Waals surface area contributed by atoms with E-state index in [2.05, 4.69) is 17.7 Å². The fraction of sp³-hybridized carbons (Fsp3) is 0.235. The normalized spacial score (nSPS) is 12.4. The van der Waals surface area contributed by atoms with E-state index in [1.54, 1.807) is 6.92 Å². The van der Waals surface area contributed by atoms with Gasteiger partial charge in [-0.25, -0.2) is 5.01 Å². The zero-order valence-electron chi connectivity index (χ0n) is 12.7. The number of aliphatic carboxylic acids is 1. The topological polar surface area (TPSA) is 70.0 Å². The number of carboxylic acid groups (broad SMARTS) is 1. The Hall–Kier alpha value is -2.34. The van der Waals surface area contributed by atoms with Crippen LogP contribution in [0.5, 0.6) is 0 Å². The highest BCUT2D eigenvalue weighted by molar-refractivity contribution is 7.80. The van der Waals surface area contributed by atoms with Crippen molar-refractivity contribution in [2.45, 2.75) is 6.92 Å². The van der Waals surface area contributed by atoms with Gasteiger partial charge < -0.3 is 5.11 Å². The van der Waals surface area contributed by atoms with Gasteiger partial charge in [0.15, 0.2) is 0 Å². The van der Waals surface area contributed by atoms with Crippen molar-refractivity contribution in [2.75, 3.05) is 12.3 Å². The molecule has 0 saturated carbocycles. The van der Waals surface area contributed by atoms with Crippen LogP contribution in [0.2, 0.25) is 0 Å². The number of benzene rings is 2. The van der Waals surface area contributed by atoms with Gasteiger partial charge in [-0.05, 0) is 10.8 Å². The monoisotopic (exact) mass is 330 g/mol. The van der Waals surface area contributed by atoms with Gasteiger partial charge >= 0.3 is 5.97 Å². The van der Waals surface area contributed by atoms with E-state index in [4.69, 9.17) is 5.11 Å². The molecule has 1 N–H and O–H groups in total. The summed E-state index contributed by atoms with van der Waals surface area (Å²) in [5.74, 6) is -1.54. The Bertz CT molecular complexity index is 740. The van der Waals surface area contributed by atoms with E-state index in [-0.39, 0.29) is 5.91 Å². The summed E-state index contributed by atoms with van der Waals surface area (Å²) in [6, 6.07) is 13.5. The van der Waals surface area contributed by atoms with Gasteiger partial charge in [-0.1, -0.05) is 49.4 Å². The predicted molar refractivity (Wildman–Crippen MR) is 93.9 cm³/mol. The van der Waals surface area contributed by atoms with Crippen LogP contribution in [0.25, 0.3) is 10.8 Å². The number of thiol groups is 1. The maximum atomic E-state index is 12.2. The highest BCUT2D eigenvalue weighted by Gasteiger charge is 2.21. The second-order valence-corrected chi connectivity index (χ2v) is 5.55. The summed E-state index contributed by atoms with van der Waals surface area (Å²) >= 11 is 4.08. The number of carboxylic acids is 1. The molecule has 1 atom stereocenters. The number of amides is 1. The molecule has 6 heteroatoms. The smallest absolute Gasteiger partial charge is 0.325 e. The summed E-state index contributed by atoms with van der Waals surface area (Å²) in [4.78, 5) is 23.2. The van der Waals surface area contributed by atoms with Crippen molar-refractivity contribution in [3.63, 3.8) is 0 Å². The number of hydrazone groups is 1. The van der Waals surface area contributed by atoms with Gasteiger partial charge in [0, 0.05) is 17.2 Å². The third-order valence-electron chi connectivity index (χ3n) is 3.39. The SMILES string of the molecule is CC(CS)C(=O)N(CC(=O)O)/N=C/c1cccc2ccccc12. The van der Waals surface area contributed by atoms with Crippen molar-refractivity contribution < 1.29 is 14.7 Å². The fourth-order valence-corrected chi connectivity index (χ4v) is 2.29. The number of fused-ring (bicyclic) bond motifs is 1. The lowest BCUT2D eigenvalue weighted by atomic mass is 10.1. The number of rotatable bonds is 6. The Balaban J connectivity index is 2.32. The lowest BCUT2D eigenvalue weighted by molar-refractivity contribution is -0.145. The molecule has 0 saturated heterocycles. The molecular weight excluding hydrogens is 312 g/mol. The third-order valence-corrected chi connectivity index (χ3v) is 3.94. The average molecular weight is 330 g/mol. The van der Waals surface area contributed by atoms with Crippen LogP contribution in [0, 0.1) is 5.92 Å². The molecule has 0 aromatic heterocycles. The zero-order valence-corrected chi connectivity index (χ0v) is 13.6. The minimum Gasteiger partial charge on any atom is -0.480 e. The zero-order chi connectivity index (χ0) is 16.8. The maximum absolute atomic E-state index is 12.2. The first kappa shape index (κ1) is 17.0. The molecule has 1 unspecified atom stereocenters. The molecular formula is C17H18N2O3S. The molecule has 0 radical (unpaired) electrons. The maximum Gasteiger partial charge on any atom is 0.325 e. The van der Waals surface area contributed by atoms with Gasteiger partial charge in [-0.3, -0.25) is 9.59 Å². The Morgan fingerprint density at radius 1 is 1.26 bits per heavy atom. The van der Waals surface area contributed by atoms with E-state index < -0.39 is 18.4 Å².